The Morgan fingerprint density at radius 2 is 1.65 bits per heavy atom. The molecule has 4 rings (SSSR count). The van der Waals surface area contributed by atoms with Gasteiger partial charge in [0.2, 0.25) is 0 Å². The molecule has 2 atom stereocenters. The summed E-state index contributed by atoms with van der Waals surface area (Å²) >= 11 is 0. The van der Waals surface area contributed by atoms with Gasteiger partial charge in [-0.1, -0.05) is 62.4 Å². The number of benzene rings is 2. The van der Waals surface area contributed by atoms with Crippen LogP contribution < -0.4 is 0 Å². The fourth-order valence-electron chi connectivity index (χ4n) is 5.30. The fourth-order valence-corrected chi connectivity index (χ4v) is 7.01. The molecule has 8 heteroatoms. The molecule has 182 valence electrons. The van der Waals surface area contributed by atoms with Crippen LogP contribution in [0.1, 0.15) is 50.2 Å². The number of hydrogen-bond donors (Lipinski definition) is 1. The van der Waals surface area contributed by atoms with Crippen molar-refractivity contribution in [1.29, 1.82) is 0 Å². The van der Waals surface area contributed by atoms with Crippen molar-refractivity contribution >= 4 is 21.9 Å². The van der Waals surface area contributed by atoms with E-state index in [0.717, 1.165) is 22.3 Å². The number of sulfone groups is 1. The fraction of sp³-hybridized carbons (Fsp3) is 0.462. The number of fused-ring (bicyclic) bond motifs is 3. The summed E-state index contributed by atoms with van der Waals surface area (Å²) in [4.78, 5) is 26.5. The molecule has 0 radical (unpaired) electrons. The molecule has 0 saturated carbocycles. The van der Waals surface area contributed by atoms with Gasteiger partial charge in [0.25, 0.3) is 0 Å². The lowest BCUT2D eigenvalue weighted by atomic mass is 9.97. The monoisotopic (exact) mass is 485 g/mol. The lowest BCUT2D eigenvalue weighted by Gasteiger charge is -2.35. The molecular formula is C26H31NO6S. The average molecular weight is 486 g/mol. The van der Waals surface area contributed by atoms with Gasteiger partial charge in [-0.05, 0) is 41.0 Å². The third-order valence-corrected chi connectivity index (χ3v) is 8.45. The molecule has 1 saturated heterocycles. The van der Waals surface area contributed by atoms with E-state index in [1.165, 1.54) is 4.90 Å². The van der Waals surface area contributed by atoms with Gasteiger partial charge in [-0.2, -0.15) is 0 Å². The molecule has 0 aromatic heterocycles. The number of carboxylic acids is 1. The third-order valence-electron chi connectivity index (χ3n) is 6.70. The number of carbonyl (C=O) groups excluding carboxylic acids is 1. The summed E-state index contributed by atoms with van der Waals surface area (Å²) in [7, 11) is -3.27. The summed E-state index contributed by atoms with van der Waals surface area (Å²) in [6.07, 6.45) is -0.150. The Labute approximate surface area is 200 Å². The number of ether oxygens (including phenoxy) is 1. The SMILES string of the molecule is CC(C)CC(CC(=O)O)N(C(=O)OCC1c2ccccc2-c2ccccc21)C1CCS(=O)(=O)C1. The van der Waals surface area contributed by atoms with Gasteiger partial charge in [0, 0.05) is 12.0 Å². The van der Waals surface area contributed by atoms with Crippen LogP contribution in [0.15, 0.2) is 48.5 Å². The first-order chi connectivity index (χ1) is 16.2. The summed E-state index contributed by atoms with van der Waals surface area (Å²) in [6.45, 7) is 4.01. The van der Waals surface area contributed by atoms with E-state index in [1.807, 2.05) is 50.2 Å². The Hall–Kier alpha value is -2.87. The van der Waals surface area contributed by atoms with E-state index in [9.17, 15) is 23.1 Å². The van der Waals surface area contributed by atoms with Crippen molar-refractivity contribution in [3.63, 3.8) is 0 Å². The van der Waals surface area contributed by atoms with Gasteiger partial charge >= 0.3 is 12.1 Å². The van der Waals surface area contributed by atoms with Crippen molar-refractivity contribution in [3.05, 3.63) is 59.7 Å². The van der Waals surface area contributed by atoms with Crippen LogP contribution in [0.3, 0.4) is 0 Å². The Balaban J connectivity index is 1.59. The van der Waals surface area contributed by atoms with E-state index >= 15 is 0 Å². The molecule has 1 fully saturated rings. The van der Waals surface area contributed by atoms with E-state index in [0.29, 0.717) is 12.8 Å². The van der Waals surface area contributed by atoms with Crippen LogP contribution in [0, 0.1) is 5.92 Å². The van der Waals surface area contributed by atoms with E-state index in [-0.39, 0.29) is 36.4 Å². The Bertz CT molecular complexity index is 1130. The molecule has 2 aromatic carbocycles. The predicted octanol–water partition coefficient (Wildman–Crippen LogP) is 4.31. The van der Waals surface area contributed by atoms with Crippen LogP contribution in [0.2, 0.25) is 0 Å². The molecule has 2 aliphatic rings. The van der Waals surface area contributed by atoms with Crippen molar-refractivity contribution in [3.8, 4) is 11.1 Å². The number of carbonyl (C=O) groups is 2. The molecule has 2 unspecified atom stereocenters. The van der Waals surface area contributed by atoms with Gasteiger partial charge in [0.05, 0.1) is 24.0 Å². The molecule has 0 bridgehead atoms. The zero-order chi connectivity index (χ0) is 24.5. The zero-order valence-electron chi connectivity index (χ0n) is 19.5. The highest BCUT2D eigenvalue weighted by Crippen LogP contribution is 2.44. The minimum atomic E-state index is -3.27. The predicted molar refractivity (Wildman–Crippen MR) is 129 cm³/mol. The van der Waals surface area contributed by atoms with Crippen molar-refractivity contribution in [1.82, 2.24) is 4.90 Å². The van der Waals surface area contributed by atoms with Crippen LogP contribution in [-0.2, 0) is 19.4 Å². The number of nitrogens with zero attached hydrogens (tertiary/aromatic N) is 1. The maximum absolute atomic E-state index is 13.4. The lowest BCUT2D eigenvalue weighted by Crippen LogP contribution is -2.49. The molecule has 1 aliphatic carbocycles. The average Bonchev–Trinajstić information content (AvgIpc) is 3.28. The zero-order valence-corrected chi connectivity index (χ0v) is 20.3. The molecule has 1 aliphatic heterocycles. The highest BCUT2D eigenvalue weighted by Gasteiger charge is 2.40. The second kappa shape index (κ2) is 9.78. The van der Waals surface area contributed by atoms with Gasteiger partial charge in [-0.25, -0.2) is 13.2 Å². The van der Waals surface area contributed by atoms with Crippen LogP contribution in [0.4, 0.5) is 4.79 Å². The molecule has 7 nitrogen and oxygen atoms in total. The third kappa shape index (κ3) is 5.12. The van der Waals surface area contributed by atoms with Crippen molar-refractivity contribution in [2.24, 2.45) is 5.92 Å². The quantitative estimate of drug-likeness (QED) is 0.598. The molecule has 1 amide bonds. The smallest absolute Gasteiger partial charge is 0.410 e. The normalized spacial score (nSPS) is 19.4. The van der Waals surface area contributed by atoms with Gasteiger partial charge in [-0.15, -0.1) is 0 Å². The largest absolute Gasteiger partial charge is 0.481 e. The first-order valence-electron chi connectivity index (χ1n) is 11.7. The second-order valence-electron chi connectivity index (χ2n) is 9.65. The molecule has 1 heterocycles. The highest BCUT2D eigenvalue weighted by atomic mass is 32.2. The highest BCUT2D eigenvalue weighted by molar-refractivity contribution is 7.91. The summed E-state index contributed by atoms with van der Waals surface area (Å²) < 4.78 is 30.2. The van der Waals surface area contributed by atoms with E-state index in [4.69, 9.17) is 4.74 Å². The van der Waals surface area contributed by atoms with Crippen LogP contribution >= 0.6 is 0 Å². The van der Waals surface area contributed by atoms with E-state index < -0.39 is 34.0 Å². The first kappa shape index (κ1) is 24.3. The maximum atomic E-state index is 13.4. The summed E-state index contributed by atoms with van der Waals surface area (Å²) in [6, 6.07) is 14.8. The van der Waals surface area contributed by atoms with Crippen LogP contribution in [0.25, 0.3) is 11.1 Å². The number of rotatable bonds is 8. The van der Waals surface area contributed by atoms with Gasteiger partial charge < -0.3 is 14.7 Å². The number of hydrogen-bond acceptors (Lipinski definition) is 5. The molecule has 0 spiro atoms. The Morgan fingerprint density at radius 3 is 2.15 bits per heavy atom. The minimum Gasteiger partial charge on any atom is -0.481 e. The first-order valence-corrected chi connectivity index (χ1v) is 13.5. The summed E-state index contributed by atoms with van der Waals surface area (Å²) in [5.74, 6) is -1.19. The maximum Gasteiger partial charge on any atom is 0.410 e. The topological polar surface area (TPSA) is 101 Å². The molecule has 34 heavy (non-hydrogen) atoms. The number of amides is 1. The summed E-state index contributed by atoms with van der Waals surface area (Å²) in [5.41, 5.74) is 4.38. The van der Waals surface area contributed by atoms with Crippen LogP contribution in [-0.4, -0.2) is 60.7 Å². The standard InChI is InChI=1S/C26H31NO6S/c1-17(2)13-19(14-25(28)29)27(18-11-12-34(31,32)16-18)26(30)33-15-24-22-9-5-3-7-20(22)21-8-4-6-10-23(21)24/h3-10,17-19,24H,11-16H2,1-2H3,(H,28,29). The van der Waals surface area contributed by atoms with Gasteiger partial charge in [-0.3, -0.25) is 4.79 Å². The number of carboxylic acid groups (broad SMARTS) is 1. The van der Waals surface area contributed by atoms with Crippen molar-refractivity contribution in [2.45, 2.75) is 51.1 Å². The van der Waals surface area contributed by atoms with Gasteiger partial charge in [0.1, 0.15) is 6.61 Å². The summed E-state index contributed by atoms with van der Waals surface area (Å²) in [5, 5.41) is 9.50. The molecular weight excluding hydrogens is 454 g/mol. The Kier molecular flexibility index (Phi) is 6.98. The van der Waals surface area contributed by atoms with E-state index in [1.54, 1.807) is 0 Å². The minimum absolute atomic E-state index is 0.00765. The van der Waals surface area contributed by atoms with E-state index in [2.05, 4.69) is 12.1 Å². The lowest BCUT2D eigenvalue weighted by molar-refractivity contribution is -0.138. The molecule has 1 N–H and O–H groups in total. The number of aliphatic carboxylic acids is 1. The van der Waals surface area contributed by atoms with Crippen molar-refractivity contribution in [2.75, 3.05) is 18.1 Å². The van der Waals surface area contributed by atoms with Gasteiger partial charge in [0.15, 0.2) is 9.84 Å². The second-order valence-corrected chi connectivity index (χ2v) is 11.9. The Morgan fingerprint density at radius 1 is 1.06 bits per heavy atom. The molecule has 2 aromatic rings. The van der Waals surface area contributed by atoms with Crippen molar-refractivity contribution < 1.29 is 27.9 Å². The van der Waals surface area contributed by atoms with Crippen LogP contribution in [0.5, 0.6) is 0 Å².